The SMILES string of the molecule is O=C(C[NH+]1CCCCC1)Nc1cccc([N+](=O)[O-])c1. The van der Waals surface area contributed by atoms with Crippen molar-refractivity contribution in [1.82, 2.24) is 0 Å². The number of quaternary nitrogens is 1. The zero-order valence-electron chi connectivity index (χ0n) is 10.7. The molecule has 2 N–H and O–H groups in total. The molecule has 0 saturated carbocycles. The fourth-order valence-electron chi connectivity index (χ4n) is 2.36. The molecule has 1 amide bonds. The number of hydrogen-bond acceptors (Lipinski definition) is 3. The van der Waals surface area contributed by atoms with E-state index < -0.39 is 4.92 Å². The van der Waals surface area contributed by atoms with Crippen LogP contribution in [0.1, 0.15) is 19.3 Å². The minimum absolute atomic E-state index is 0.0110. The molecular formula is C13H18N3O3+. The van der Waals surface area contributed by atoms with E-state index in [9.17, 15) is 14.9 Å². The summed E-state index contributed by atoms with van der Waals surface area (Å²) in [6.07, 6.45) is 3.58. The van der Waals surface area contributed by atoms with Crippen LogP contribution >= 0.6 is 0 Å². The van der Waals surface area contributed by atoms with E-state index in [1.165, 1.54) is 36.3 Å². The van der Waals surface area contributed by atoms with E-state index in [0.29, 0.717) is 12.2 Å². The summed E-state index contributed by atoms with van der Waals surface area (Å²) in [5, 5.41) is 13.4. The number of nitro benzene ring substituents is 1. The third kappa shape index (κ3) is 4.03. The van der Waals surface area contributed by atoms with Crippen molar-refractivity contribution in [3.63, 3.8) is 0 Å². The Balaban J connectivity index is 1.90. The molecule has 1 aliphatic heterocycles. The van der Waals surface area contributed by atoms with Crippen LogP contribution in [-0.4, -0.2) is 30.5 Å². The van der Waals surface area contributed by atoms with Gasteiger partial charge in [-0.1, -0.05) is 6.07 Å². The molecule has 1 heterocycles. The Morgan fingerprint density at radius 3 is 2.74 bits per heavy atom. The molecular weight excluding hydrogens is 246 g/mol. The Hall–Kier alpha value is -1.95. The highest BCUT2D eigenvalue weighted by atomic mass is 16.6. The van der Waals surface area contributed by atoms with Crippen LogP contribution in [0.15, 0.2) is 24.3 Å². The van der Waals surface area contributed by atoms with Gasteiger partial charge in [-0.15, -0.1) is 0 Å². The summed E-state index contributed by atoms with van der Waals surface area (Å²) in [5.41, 5.74) is 0.471. The highest BCUT2D eigenvalue weighted by Gasteiger charge is 2.17. The van der Waals surface area contributed by atoms with Gasteiger partial charge in [-0.3, -0.25) is 14.9 Å². The van der Waals surface area contributed by atoms with Gasteiger partial charge in [-0.2, -0.15) is 0 Å². The number of nitrogens with zero attached hydrogens (tertiary/aromatic N) is 1. The second-order valence-corrected chi connectivity index (χ2v) is 4.84. The Labute approximate surface area is 111 Å². The third-order valence-electron chi connectivity index (χ3n) is 3.31. The van der Waals surface area contributed by atoms with Crippen LogP contribution in [0, 0.1) is 10.1 Å². The smallest absolute Gasteiger partial charge is 0.279 e. The Bertz CT molecular complexity index is 470. The molecule has 0 aromatic heterocycles. The van der Waals surface area contributed by atoms with Crippen molar-refractivity contribution in [3.05, 3.63) is 34.4 Å². The maximum atomic E-state index is 11.9. The Kier molecular flexibility index (Phi) is 4.46. The lowest BCUT2D eigenvalue weighted by Gasteiger charge is -2.22. The van der Waals surface area contributed by atoms with Gasteiger partial charge in [0.05, 0.1) is 18.0 Å². The maximum absolute atomic E-state index is 11.9. The molecule has 0 radical (unpaired) electrons. The van der Waals surface area contributed by atoms with Crippen molar-refractivity contribution >= 4 is 17.3 Å². The van der Waals surface area contributed by atoms with E-state index in [1.54, 1.807) is 12.1 Å². The van der Waals surface area contributed by atoms with E-state index in [1.807, 2.05) is 0 Å². The molecule has 1 aromatic carbocycles. The van der Waals surface area contributed by atoms with Crippen LogP contribution < -0.4 is 10.2 Å². The zero-order chi connectivity index (χ0) is 13.7. The number of anilines is 1. The largest absolute Gasteiger partial charge is 0.327 e. The Morgan fingerprint density at radius 1 is 1.32 bits per heavy atom. The fraction of sp³-hybridized carbons (Fsp3) is 0.462. The molecule has 6 nitrogen and oxygen atoms in total. The van der Waals surface area contributed by atoms with E-state index in [2.05, 4.69) is 5.32 Å². The van der Waals surface area contributed by atoms with Crippen LogP contribution in [0.3, 0.4) is 0 Å². The molecule has 0 spiro atoms. The van der Waals surface area contributed by atoms with Gasteiger partial charge in [-0.05, 0) is 25.3 Å². The summed E-state index contributed by atoms with van der Waals surface area (Å²) in [7, 11) is 0. The number of rotatable bonds is 4. The summed E-state index contributed by atoms with van der Waals surface area (Å²) in [4.78, 5) is 23.3. The number of likely N-dealkylation sites (tertiary alicyclic amines) is 1. The number of hydrogen-bond donors (Lipinski definition) is 2. The van der Waals surface area contributed by atoms with Gasteiger partial charge in [0.25, 0.3) is 11.6 Å². The highest BCUT2D eigenvalue weighted by Crippen LogP contribution is 2.16. The molecule has 0 aliphatic carbocycles. The highest BCUT2D eigenvalue weighted by molar-refractivity contribution is 5.91. The van der Waals surface area contributed by atoms with Gasteiger partial charge in [0.15, 0.2) is 6.54 Å². The van der Waals surface area contributed by atoms with E-state index in [4.69, 9.17) is 0 Å². The summed E-state index contributed by atoms with van der Waals surface area (Å²) in [6, 6.07) is 6.02. The summed E-state index contributed by atoms with van der Waals surface area (Å²) >= 11 is 0. The average Bonchev–Trinajstić information content (AvgIpc) is 2.40. The first kappa shape index (κ1) is 13.5. The summed E-state index contributed by atoms with van der Waals surface area (Å²) < 4.78 is 0. The molecule has 0 unspecified atom stereocenters. The molecule has 1 fully saturated rings. The number of nitro groups is 1. The number of nitrogens with one attached hydrogen (secondary N) is 2. The van der Waals surface area contributed by atoms with E-state index in [-0.39, 0.29) is 11.6 Å². The van der Waals surface area contributed by atoms with Crippen molar-refractivity contribution in [1.29, 1.82) is 0 Å². The van der Waals surface area contributed by atoms with Crippen molar-refractivity contribution in [2.45, 2.75) is 19.3 Å². The first-order chi connectivity index (χ1) is 9.15. The van der Waals surface area contributed by atoms with Gasteiger partial charge < -0.3 is 10.2 Å². The Morgan fingerprint density at radius 2 is 2.05 bits per heavy atom. The van der Waals surface area contributed by atoms with E-state index >= 15 is 0 Å². The average molecular weight is 264 g/mol. The van der Waals surface area contributed by atoms with Gasteiger partial charge in [0.2, 0.25) is 0 Å². The molecule has 1 aromatic rings. The molecule has 19 heavy (non-hydrogen) atoms. The quantitative estimate of drug-likeness (QED) is 0.617. The molecule has 0 bridgehead atoms. The van der Waals surface area contributed by atoms with Crippen molar-refractivity contribution in [2.24, 2.45) is 0 Å². The van der Waals surface area contributed by atoms with Crippen LogP contribution in [0.4, 0.5) is 11.4 Å². The van der Waals surface area contributed by atoms with Crippen molar-refractivity contribution < 1.29 is 14.6 Å². The summed E-state index contributed by atoms with van der Waals surface area (Å²) in [6.45, 7) is 2.49. The van der Waals surface area contributed by atoms with Crippen LogP contribution in [0.2, 0.25) is 0 Å². The van der Waals surface area contributed by atoms with Crippen molar-refractivity contribution in [3.8, 4) is 0 Å². The standard InChI is InChI=1S/C13H17N3O3/c17-13(10-15-7-2-1-3-8-15)14-11-5-4-6-12(9-11)16(18)19/h4-6,9H,1-3,7-8,10H2,(H,14,17)/p+1. The topological polar surface area (TPSA) is 76.7 Å². The van der Waals surface area contributed by atoms with Crippen LogP contribution in [0.5, 0.6) is 0 Å². The van der Waals surface area contributed by atoms with Crippen molar-refractivity contribution in [2.75, 3.05) is 25.0 Å². The predicted octanol–water partition coefficient (Wildman–Crippen LogP) is 0.602. The number of amides is 1. The molecule has 102 valence electrons. The molecule has 1 saturated heterocycles. The number of piperidine rings is 1. The van der Waals surface area contributed by atoms with Gasteiger partial charge in [0, 0.05) is 17.8 Å². The number of carbonyl (C=O) groups is 1. The third-order valence-corrected chi connectivity index (χ3v) is 3.31. The monoisotopic (exact) mass is 264 g/mol. The first-order valence-corrected chi connectivity index (χ1v) is 6.53. The maximum Gasteiger partial charge on any atom is 0.279 e. The lowest BCUT2D eigenvalue weighted by atomic mass is 10.1. The lowest BCUT2D eigenvalue weighted by Crippen LogP contribution is -3.13. The van der Waals surface area contributed by atoms with Gasteiger partial charge in [0.1, 0.15) is 0 Å². The molecule has 0 atom stereocenters. The molecule has 1 aliphatic rings. The van der Waals surface area contributed by atoms with Gasteiger partial charge in [-0.25, -0.2) is 0 Å². The molecule has 2 rings (SSSR count). The second-order valence-electron chi connectivity index (χ2n) is 4.84. The normalized spacial score (nSPS) is 16.0. The van der Waals surface area contributed by atoms with Gasteiger partial charge >= 0.3 is 0 Å². The predicted molar refractivity (Wildman–Crippen MR) is 71.1 cm³/mol. The number of carbonyl (C=O) groups excluding carboxylic acids is 1. The fourth-order valence-corrected chi connectivity index (χ4v) is 2.36. The van der Waals surface area contributed by atoms with Crippen LogP contribution in [-0.2, 0) is 4.79 Å². The second kappa shape index (κ2) is 6.29. The summed E-state index contributed by atoms with van der Waals surface area (Å²) in [5.74, 6) is -0.0857. The molecule has 6 heteroatoms. The van der Waals surface area contributed by atoms with Crippen LogP contribution in [0.25, 0.3) is 0 Å². The lowest BCUT2D eigenvalue weighted by molar-refractivity contribution is -0.896. The van der Waals surface area contributed by atoms with E-state index in [0.717, 1.165) is 13.1 Å². The number of non-ortho nitro benzene ring substituents is 1. The minimum atomic E-state index is -0.467. The first-order valence-electron chi connectivity index (χ1n) is 6.53. The number of benzene rings is 1. The minimum Gasteiger partial charge on any atom is -0.327 e. The zero-order valence-corrected chi connectivity index (χ0v) is 10.7.